The van der Waals surface area contributed by atoms with Gasteiger partial charge in [0.25, 0.3) is 0 Å². The summed E-state index contributed by atoms with van der Waals surface area (Å²) in [5, 5.41) is 2.62. The molecule has 0 bridgehead atoms. The SMILES string of the molecule is C#CSCCCCCCCCCCCCCC. The molecule has 0 aromatic carbocycles. The molecule has 0 amide bonds. The first-order chi connectivity index (χ1) is 8.41. The second kappa shape index (κ2) is 15.9. The van der Waals surface area contributed by atoms with Crippen LogP contribution >= 0.6 is 11.8 Å². The highest BCUT2D eigenvalue weighted by atomic mass is 32.2. The number of terminal acetylenes is 1. The lowest BCUT2D eigenvalue weighted by Gasteiger charge is -2.02. The van der Waals surface area contributed by atoms with E-state index in [1.165, 1.54) is 77.0 Å². The van der Waals surface area contributed by atoms with Crippen LogP contribution in [0.15, 0.2) is 0 Å². The third kappa shape index (κ3) is 15.9. The molecule has 100 valence electrons. The van der Waals surface area contributed by atoms with E-state index in [0.717, 1.165) is 5.75 Å². The quantitative estimate of drug-likeness (QED) is 0.286. The number of unbranched alkanes of at least 4 members (excludes halogenated alkanes) is 11. The largest absolute Gasteiger partial charge is 0.108 e. The number of hydrogen-bond acceptors (Lipinski definition) is 1. The fourth-order valence-electron chi connectivity index (χ4n) is 2.07. The molecule has 0 unspecified atom stereocenters. The van der Waals surface area contributed by atoms with E-state index in [1.807, 2.05) is 0 Å². The predicted molar refractivity (Wildman–Crippen MR) is 82.4 cm³/mol. The van der Waals surface area contributed by atoms with Crippen LogP contribution in [0, 0.1) is 11.7 Å². The Bertz CT molecular complexity index is 169. The van der Waals surface area contributed by atoms with Gasteiger partial charge in [-0.05, 0) is 11.7 Å². The molecule has 1 heteroatoms. The van der Waals surface area contributed by atoms with Crippen LogP contribution in [0.5, 0.6) is 0 Å². The van der Waals surface area contributed by atoms with Gasteiger partial charge in [0.15, 0.2) is 0 Å². The Morgan fingerprint density at radius 1 is 0.706 bits per heavy atom. The van der Waals surface area contributed by atoms with Crippen LogP contribution in [0.2, 0.25) is 0 Å². The van der Waals surface area contributed by atoms with Crippen LogP contribution in [0.3, 0.4) is 0 Å². The van der Waals surface area contributed by atoms with E-state index >= 15 is 0 Å². The maximum atomic E-state index is 5.18. The van der Waals surface area contributed by atoms with E-state index in [0.29, 0.717) is 0 Å². The Morgan fingerprint density at radius 2 is 1.12 bits per heavy atom. The lowest BCUT2D eigenvalue weighted by Crippen LogP contribution is -1.83. The smallest absolute Gasteiger partial charge is 0.00566 e. The normalized spacial score (nSPS) is 10.4. The third-order valence-electron chi connectivity index (χ3n) is 3.18. The third-order valence-corrected chi connectivity index (χ3v) is 3.84. The van der Waals surface area contributed by atoms with Crippen molar-refractivity contribution in [1.29, 1.82) is 0 Å². The summed E-state index contributed by atoms with van der Waals surface area (Å²) in [6.45, 7) is 2.28. The molecule has 0 N–H and O–H groups in total. The van der Waals surface area contributed by atoms with Crippen LogP contribution in [-0.2, 0) is 0 Å². The Labute approximate surface area is 113 Å². The zero-order valence-electron chi connectivity index (χ0n) is 11.7. The van der Waals surface area contributed by atoms with Gasteiger partial charge in [-0.1, -0.05) is 89.3 Å². The lowest BCUT2D eigenvalue weighted by molar-refractivity contribution is 0.548. The Balaban J connectivity index is 2.87. The van der Waals surface area contributed by atoms with E-state index in [2.05, 4.69) is 12.2 Å². The summed E-state index contributed by atoms with van der Waals surface area (Å²) in [5.74, 6) is 1.15. The molecule has 0 rings (SSSR count). The molecule has 0 heterocycles. The second-order valence-electron chi connectivity index (χ2n) is 4.86. The molecule has 0 spiro atoms. The van der Waals surface area contributed by atoms with E-state index in [1.54, 1.807) is 11.8 Å². The van der Waals surface area contributed by atoms with Gasteiger partial charge in [0.05, 0.1) is 0 Å². The molecule has 0 aliphatic heterocycles. The van der Waals surface area contributed by atoms with Gasteiger partial charge in [0.2, 0.25) is 0 Å². The van der Waals surface area contributed by atoms with Crippen molar-refractivity contribution in [1.82, 2.24) is 0 Å². The van der Waals surface area contributed by atoms with Gasteiger partial charge in [0.1, 0.15) is 0 Å². The highest BCUT2D eigenvalue weighted by Crippen LogP contribution is 2.12. The Kier molecular flexibility index (Phi) is 15.8. The molecule has 0 saturated carbocycles. The van der Waals surface area contributed by atoms with E-state index in [-0.39, 0.29) is 0 Å². The van der Waals surface area contributed by atoms with Crippen LogP contribution in [0.4, 0.5) is 0 Å². The zero-order chi connectivity index (χ0) is 12.6. The fraction of sp³-hybridized carbons (Fsp3) is 0.875. The topological polar surface area (TPSA) is 0 Å². The zero-order valence-corrected chi connectivity index (χ0v) is 12.5. The molecule has 0 saturated heterocycles. The van der Waals surface area contributed by atoms with Crippen molar-refractivity contribution in [2.75, 3.05) is 5.75 Å². The van der Waals surface area contributed by atoms with Crippen molar-refractivity contribution in [3.05, 3.63) is 0 Å². The highest BCUT2D eigenvalue weighted by molar-refractivity contribution is 8.03. The molecule has 0 radical (unpaired) electrons. The van der Waals surface area contributed by atoms with Crippen molar-refractivity contribution in [2.24, 2.45) is 0 Å². The molecule has 0 nitrogen and oxygen atoms in total. The van der Waals surface area contributed by atoms with Crippen molar-refractivity contribution in [2.45, 2.75) is 84.0 Å². The van der Waals surface area contributed by atoms with Crippen molar-refractivity contribution < 1.29 is 0 Å². The van der Waals surface area contributed by atoms with Gasteiger partial charge in [-0.15, -0.1) is 6.42 Å². The number of rotatable bonds is 13. The molecule has 0 aromatic rings. The second-order valence-corrected chi connectivity index (χ2v) is 5.79. The van der Waals surface area contributed by atoms with Crippen LogP contribution in [0.1, 0.15) is 84.0 Å². The maximum absolute atomic E-state index is 5.18. The fourth-order valence-corrected chi connectivity index (χ4v) is 2.54. The minimum Gasteiger partial charge on any atom is -0.108 e. The lowest BCUT2D eigenvalue weighted by atomic mass is 10.1. The van der Waals surface area contributed by atoms with Gasteiger partial charge in [0, 0.05) is 5.75 Å². The number of hydrogen-bond donors (Lipinski definition) is 0. The van der Waals surface area contributed by atoms with Crippen LogP contribution in [0.25, 0.3) is 0 Å². The molecule has 0 aliphatic carbocycles. The monoisotopic (exact) mass is 254 g/mol. The molecule has 0 aliphatic rings. The predicted octanol–water partition coefficient (Wildman–Crippen LogP) is 6.01. The van der Waals surface area contributed by atoms with E-state index < -0.39 is 0 Å². The van der Waals surface area contributed by atoms with E-state index in [4.69, 9.17) is 6.42 Å². The minimum absolute atomic E-state index is 1.15. The standard InChI is InChI=1S/C16H30S/c1-3-5-6-7-8-9-10-11-12-13-14-15-16-17-4-2/h2H,3,5-16H2,1H3. The molecule has 0 fully saturated rings. The Morgan fingerprint density at radius 3 is 1.53 bits per heavy atom. The first-order valence-electron chi connectivity index (χ1n) is 7.49. The molecular formula is C16H30S. The van der Waals surface area contributed by atoms with Gasteiger partial charge < -0.3 is 0 Å². The van der Waals surface area contributed by atoms with Gasteiger partial charge >= 0.3 is 0 Å². The van der Waals surface area contributed by atoms with Crippen molar-refractivity contribution in [3.8, 4) is 11.7 Å². The average Bonchev–Trinajstić information content (AvgIpc) is 2.35. The summed E-state index contributed by atoms with van der Waals surface area (Å²) in [6, 6.07) is 0. The van der Waals surface area contributed by atoms with Crippen molar-refractivity contribution >= 4 is 11.8 Å². The average molecular weight is 254 g/mol. The molecule has 0 aromatic heterocycles. The van der Waals surface area contributed by atoms with Gasteiger partial charge in [-0.3, -0.25) is 0 Å². The summed E-state index contributed by atoms with van der Waals surface area (Å²) >= 11 is 1.62. The van der Waals surface area contributed by atoms with Gasteiger partial charge in [-0.2, -0.15) is 0 Å². The Hall–Kier alpha value is -0.0900. The number of thioether (sulfide) groups is 1. The first-order valence-corrected chi connectivity index (χ1v) is 8.47. The molecular weight excluding hydrogens is 224 g/mol. The summed E-state index contributed by atoms with van der Waals surface area (Å²) in [7, 11) is 0. The van der Waals surface area contributed by atoms with Gasteiger partial charge in [-0.25, -0.2) is 0 Å². The summed E-state index contributed by atoms with van der Waals surface area (Å²) in [5.41, 5.74) is 0. The molecule has 17 heavy (non-hydrogen) atoms. The summed E-state index contributed by atoms with van der Waals surface area (Å²) in [4.78, 5) is 0. The molecule has 0 atom stereocenters. The summed E-state index contributed by atoms with van der Waals surface area (Å²) < 4.78 is 0. The van der Waals surface area contributed by atoms with Crippen LogP contribution in [-0.4, -0.2) is 5.75 Å². The van der Waals surface area contributed by atoms with Crippen LogP contribution < -0.4 is 0 Å². The first kappa shape index (κ1) is 16.9. The van der Waals surface area contributed by atoms with Crippen molar-refractivity contribution in [3.63, 3.8) is 0 Å². The maximum Gasteiger partial charge on any atom is 0.00566 e. The minimum atomic E-state index is 1.15. The summed E-state index contributed by atoms with van der Waals surface area (Å²) in [6.07, 6.45) is 22.2. The van der Waals surface area contributed by atoms with E-state index in [9.17, 15) is 0 Å². The highest BCUT2D eigenvalue weighted by Gasteiger charge is 1.93.